The van der Waals surface area contributed by atoms with Crippen LogP contribution in [-0.4, -0.2) is 23.9 Å². The Morgan fingerprint density at radius 3 is 2.70 bits per heavy atom. The van der Waals surface area contributed by atoms with Crippen molar-refractivity contribution in [2.75, 3.05) is 18.4 Å². The van der Waals surface area contributed by atoms with E-state index in [0.717, 1.165) is 29.1 Å². The van der Waals surface area contributed by atoms with Crippen molar-refractivity contribution < 1.29 is 18.0 Å². The fourth-order valence-corrected chi connectivity index (χ4v) is 3.83. The first kappa shape index (κ1) is 19.9. The number of anilines is 1. The standard InChI is InChI=1S/C20H20BrF3N2O/c21-16-7-3-5-14(11-16)12-26-10-4-6-15(13-26)19(27)25-18-9-2-1-8-17(18)20(22,23)24/h1-3,5,7-9,11,15H,4,6,10,12-13H2,(H,25,27). The quantitative estimate of drug-likeness (QED) is 0.697. The average Bonchev–Trinajstić information content (AvgIpc) is 2.61. The summed E-state index contributed by atoms with van der Waals surface area (Å²) in [6.45, 7) is 2.12. The van der Waals surface area contributed by atoms with Gasteiger partial charge in [-0.25, -0.2) is 0 Å². The molecule has 2 aromatic carbocycles. The molecule has 3 rings (SSSR count). The first-order valence-corrected chi connectivity index (χ1v) is 9.56. The third kappa shape index (κ3) is 5.32. The van der Waals surface area contributed by atoms with Gasteiger partial charge in [-0.2, -0.15) is 13.2 Å². The molecule has 0 aromatic heterocycles. The molecule has 1 unspecified atom stereocenters. The predicted octanol–water partition coefficient (Wildman–Crippen LogP) is 5.32. The average molecular weight is 441 g/mol. The van der Waals surface area contributed by atoms with Gasteiger partial charge in [0.05, 0.1) is 17.2 Å². The maximum atomic E-state index is 13.1. The maximum Gasteiger partial charge on any atom is 0.418 e. The number of halogens is 4. The molecule has 0 saturated carbocycles. The van der Waals surface area contributed by atoms with Crippen LogP contribution in [0.4, 0.5) is 18.9 Å². The first-order valence-electron chi connectivity index (χ1n) is 8.77. The van der Waals surface area contributed by atoms with Crippen molar-refractivity contribution in [1.82, 2.24) is 4.90 Å². The summed E-state index contributed by atoms with van der Waals surface area (Å²) in [6.07, 6.45) is -2.98. The van der Waals surface area contributed by atoms with Gasteiger partial charge in [-0.3, -0.25) is 9.69 Å². The highest BCUT2D eigenvalue weighted by atomic mass is 79.9. The second-order valence-electron chi connectivity index (χ2n) is 6.74. The number of hydrogen-bond donors (Lipinski definition) is 1. The van der Waals surface area contributed by atoms with Gasteiger partial charge < -0.3 is 5.32 Å². The molecule has 1 aliphatic heterocycles. The zero-order valence-corrected chi connectivity index (χ0v) is 16.2. The fraction of sp³-hybridized carbons (Fsp3) is 0.350. The summed E-state index contributed by atoms with van der Waals surface area (Å²) in [6, 6.07) is 13.1. The highest BCUT2D eigenvalue weighted by Crippen LogP contribution is 2.35. The monoisotopic (exact) mass is 440 g/mol. The highest BCUT2D eigenvalue weighted by Gasteiger charge is 2.34. The second-order valence-corrected chi connectivity index (χ2v) is 7.65. The van der Waals surface area contributed by atoms with Crippen LogP contribution in [-0.2, 0) is 17.5 Å². The number of piperidine rings is 1. The lowest BCUT2D eigenvalue weighted by atomic mass is 9.96. The number of carbonyl (C=O) groups excluding carboxylic acids is 1. The van der Waals surface area contributed by atoms with Gasteiger partial charge in [-0.1, -0.05) is 40.2 Å². The molecular weight excluding hydrogens is 421 g/mol. The number of amides is 1. The van der Waals surface area contributed by atoms with Gasteiger partial charge in [0.2, 0.25) is 5.91 Å². The first-order chi connectivity index (χ1) is 12.8. The van der Waals surface area contributed by atoms with Gasteiger partial charge in [0.15, 0.2) is 0 Å². The van der Waals surface area contributed by atoms with Gasteiger partial charge in [-0.15, -0.1) is 0 Å². The van der Waals surface area contributed by atoms with Gasteiger partial charge in [0.25, 0.3) is 0 Å². The number of rotatable bonds is 4. The zero-order valence-electron chi connectivity index (χ0n) is 14.6. The number of hydrogen-bond acceptors (Lipinski definition) is 2. The van der Waals surface area contributed by atoms with Crippen molar-refractivity contribution in [3.63, 3.8) is 0 Å². The van der Waals surface area contributed by atoms with Crippen LogP contribution in [0.25, 0.3) is 0 Å². The minimum Gasteiger partial charge on any atom is -0.325 e. The molecule has 27 heavy (non-hydrogen) atoms. The molecule has 0 bridgehead atoms. The van der Waals surface area contributed by atoms with E-state index in [-0.39, 0.29) is 17.5 Å². The Morgan fingerprint density at radius 2 is 1.96 bits per heavy atom. The summed E-state index contributed by atoms with van der Waals surface area (Å²) in [7, 11) is 0. The molecule has 1 saturated heterocycles. The fourth-order valence-electron chi connectivity index (χ4n) is 3.38. The molecule has 1 N–H and O–H groups in total. The van der Waals surface area contributed by atoms with Crippen LogP contribution in [0, 0.1) is 5.92 Å². The summed E-state index contributed by atoms with van der Waals surface area (Å²) in [4.78, 5) is 14.8. The smallest absolute Gasteiger partial charge is 0.325 e. The van der Waals surface area contributed by atoms with E-state index in [1.807, 2.05) is 24.3 Å². The molecule has 1 heterocycles. The van der Waals surface area contributed by atoms with Crippen LogP contribution >= 0.6 is 15.9 Å². The highest BCUT2D eigenvalue weighted by molar-refractivity contribution is 9.10. The van der Waals surface area contributed by atoms with Crippen molar-refractivity contribution in [2.45, 2.75) is 25.6 Å². The van der Waals surface area contributed by atoms with Crippen LogP contribution in [0.3, 0.4) is 0 Å². The van der Waals surface area contributed by atoms with Gasteiger partial charge in [-0.05, 0) is 49.2 Å². The third-order valence-corrected chi connectivity index (χ3v) is 5.16. The SMILES string of the molecule is O=C(Nc1ccccc1C(F)(F)F)C1CCCN(Cc2cccc(Br)c2)C1. The largest absolute Gasteiger partial charge is 0.418 e. The zero-order chi connectivity index (χ0) is 19.4. The Labute approximate surface area is 164 Å². The molecule has 3 nitrogen and oxygen atoms in total. The molecule has 144 valence electrons. The van der Waals surface area contributed by atoms with E-state index in [4.69, 9.17) is 0 Å². The Bertz CT molecular complexity index is 810. The van der Waals surface area contributed by atoms with Crippen LogP contribution in [0.5, 0.6) is 0 Å². The molecule has 2 aromatic rings. The molecule has 1 fully saturated rings. The lowest BCUT2D eigenvalue weighted by molar-refractivity contribution is -0.137. The molecule has 7 heteroatoms. The summed E-state index contributed by atoms with van der Waals surface area (Å²) in [5.74, 6) is -0.683. The number of likely N-dealkylation sites (tertiary alicyclic amines) is 1. The molecule has 0 aliphatic carbocycles. The van der Waals surface area contributed by atoms with E-state index in [1.165, 1.54) is 18.2 Å². The van der Waals surface area contributed by atoms with Gasteiger partial charge >= 0.3 is 6.18 Å². The predicted molar refractivity (Wildman–Crippen MR) is 102 cm³/mol. The van der Waals surface area contributed by atoms with E-state index in [9.17, 15) is 18.0 Å². The van der Waals surface area contributed by atoms with Crippen molar-refractivity contribution >= 4 is 27.5 Å². The number of nitrogens with zero attached hydrogens (tertiary/aromatic N) is 1. The Morgan fingerprint density at radius 1 is 1.19 bits per heavy atom. The Kier molecular flexibility index (Phi) is 6.22. The summed E-state index contributed by atoms with van der Waals surface area (Å²) in [5.41, 5.74) is 0.132. The Hall–Kier alpha value is -1.86. The van der Waals surface area contributed by atoms with Crippen molar-refractivity contribution in [3.8, 4) is 0 Å². The number of alkyl halides is 3. The van der Waals surface area contributed by atoms with Crippen molar-refractivity contribution in [1.29, 1.82) is 0 Å². The molecule has 1 atom stereocenters. The minimum absolute atomic E-state index is 0.181. The number of nitrogens with one attached hydrogen (secondary N) is 1. The topological polar surface area (TPSA) is 32.3 Å². The van der Waals surface area contributed by atoms with Crippen LogP contribution in [0.15, 0.2) is 53.0 Å². The van der Waals surface area contributed by atoms with Crippen molar-refractivity contribution in [2.24, 2.45) is 5.92 Å². The van der Waals surface area contributed by atoms with Crippen LogP contribution < -0.4 is 5.32 Å². The maximum absolute atomic E-state index is 13.1. The van der Waals surface area contributed by atoms with E-state index >= 15 is 0 Å². The molecule has 1 aliphatic rings. The van der Waals surface area contributed by atoms with Crippen molar-refractivity contribution in [3.05, 3.63) is 64.1 Å². The molecule has 0 spiro atoms. The molecule has 0 radical (unpaired) electrons. The number of carbonyl (C=O) groups is 1. The summed E-state index contributed by atoms with van der Waals surface area (Å²) < 4.78 is 40.3. The van der Waals surface area contributed by atoms with E-state index in [1.54, 1.807) is 0 Å². The third-order valence-electron chi connectivity index (χ3n) is 4.66. The molecular formula is C20H20BrF3N2O. The minimum atomic E-state index is -4.50. The number of benzene rings is 2. The Balaban J connectivity index is 1.65. The van der Waals surface area contributed by atoms with Crippen LogP contribution in [0.1, 0.15) is 24.0 Å². The van der Waals surface area contributed by atoms with E-state index in [2.05, 4.69) is 26.1 Å². The molecule has 1 amide bonds. The van der Waals surface area contributed by atoms with Gasteiger partial charge in [0.1, 0.15) is 0 Å². The second kappa shape index (κ2) is 8.44. The summed E-state index contributed by atoms with van der Waals surface area (Å²) >= 11 is 3.45. The lowest BCUT2D eigenvalue weighted by Crippen LogP contribution is -2.40. The summed E-state index contributed by atoms with van der Waals surface area (Å²) in [5, 5.41) is 2.49. The van der Waals surface area contributed by atoms with Crippen LogP contribution in [0.2, 0.25) is 0 Å². The normalized spacial score (nSPS) is 18.3. The van der Waals surface area contributed by atoms with E-state index in [0.29, 0.717) is 19.5 Å². The van der Waals surface area contributed by atoms with Gasteiger partial charge in [0, 0.05) is 17.6 Å². The van der Waals surface area contributed by atoms with E-state index < -0.39 is 11.7 Å². The number of para-hydroxylation sites is 1. The lowest BCUT2D eigenvalue weighted by Gasteiger charge is -2.32.